The Morgan fingerprint density at radius 3 is 2.58 bits per heavy atom. The lowest BCUT2D eigenvalue weighted by atomic mass is 10.0. The van der Waals surface area contributed by atoms with Gasteiger partial charge in [0, 0.05) is 58.0 Å². The second kappa shape index (κ2) is 13.4. The van der Waals surface area contributed by atoms with Crippen LogP contribution in [0.3, 0.4) is 0 Å². The average Bonchev–Trinajstić information content (AvgIpc) is 2.87. The molecule has 7 heteroatoms. The van der Waals surface area contributed by atoms with Gasteiger partial charge in [0.2, 0.25) is 5.91 Å². The summed E-state index contributed by atoms with van der Waals surface area (Å²) >= 11 is 0. The van der Waals surface area contributed by atoms with Crippen molar-refractivity contribution in [2.45, 2.75) is 52.2 Å². The van der Waals surface area contributed by atoms with Gasteiger partial charge in [-0.05, 0) is 43.4 Å². The molecular weight excluding hydrogens is 454 g/mol. The summed E-state index contributed by atoms with van der Waals surface area (Å²) in [6.45, 7) is 8.93. The quantitative estimate of drug-likeness (QED) is 0.614. The Hall–Kier alpha value is -2.90. The van der Waals surface area contributed by atoms with Crippen LogP contribution in [0.15, 0.2) is 48.5 Å². The van der Waals surface area contributed by atoms with Crippen LogP contribution in [0, 0.1) is 5.92 Å². The highest BCUT2D eigenvalue weighted by molar-refractivity contribution is 5.98. The number of rotatable bonds is 7. The minimum absolute atomic E-state index is 0.0496. The van der Waals surface area contributed by atoms with Crippen LogP contribution in [0.2, 0.25) is 0 Å². The molecule has 1 aliphatic heterocycles. The van der Waals surface area contributed by atoms with Gasteiger partial charge < -0.3 is 19.7 Å². The van der Waals surface area contributed by atoms with E-state index >= 15 is 0 Å². The van der Waals surface area contributed by atoms with Crippen LogP contribution in [-0.4, -0.2) is 74.2 Å². The Balaban J connectivity index is 1.87. The minimum Gasteiger partial charge on any atom is -0.491 e. The van der Waals surface area contributed by atoms with E-state index in [1.54, 1.807) is 37.3 Å². The summed E-state index contributed by atoms with van der Waals surface area (Å²) in [7, 11) is 3.51. The van der Waals surface area contributed by atoms with Gasteiger partial charge in [0.1, 0.15) is 12.4 Å². The first-order valence-electron chi connectivity index (χ1n) is 12.9. The second-order valence-corrected chi connectivity index (χ2v) is 9.84. The maximum Gasteiger partial charge on any atom is 0.257 e. The molecule has 2 aromatic rings. The normalized spacial score (nSPS) is 21.6. The number of amides is 2. The summed E-state index contributed by atoms with van der Waals surface area (Å²) in [5, 5.41) is 2.91. The smallest absolute Gasteiger partial charge is 0.257 e. The van der Waals surface area contributed by atoms with Gasteiger partial charge in [-0.1, -0.05) is 44.2 Å². The summed E-state index contributed by atoms with van der Waals surface area (Å²) in [6.07, 6.45) is 2.06. The van der Waals surface area contributed by atoms with Crippen LogP contribution in [0.25, 0.3) is 0 Å². The van der Waals surface area contributed by atoms with Crippen molar-refractivity contribution >= 4 is 17.5 Å². The lowest BCUT2D eigenvalue weighted by molar-refractivity contribution is -0.116. The molecule has 1 aliphatic rings. The van der Waals surface area contributed by atoms with E-state index in [0.717, 1.165) is 25.9 Å². The number of fused-ring (bicyclic) bond motifs is 1. The van der Waals surface area contributed by atoms with Gasteiger partial charge in [-0.3, -0.25) is 14.5 Å². The number of ether oxygens (including phenoxy) is 2. The lowest BCUT2D eigenvalue weighted by Gasteiger charge is -2.36. The van der Waals surface area contributed by atoms with E-state index in [1.165, 1.54) is 5.56 Å². The molecule has 1 heterocycles. The zero-order valence-electron chi connectivity index (χ0n) is 22.3. The molecule has 0 saturated heterocycles. The summed E-state index contributed by atoms with van der Waals surface area (Å²) in [5.41, 5.74) is 2.42. The van der Waals surface area contributed by atoms with Crippen LogP contribution in [0.1, 0.15) is 49.5 Å². The third-order valence-corrected chi connectivity index (χ3v) is 6.87. The van der Waals surface area contributed by atoms with Crippen LogP contribution >= 0.6 is 0 Å². The predicted molar refractivity (Wildman–Crippen MR) is 144 cm³/mol. The van der Waals surface area contributed by atoms with Crippen molar-refractivity contribution in [3.8, 4) is 5.75 Å². The van der Waals surface area contributed by atoms with Crippen molar-refractivity contribution in [1.29, 1.82) is 0 Å². The van der Waals surface area contributed by atoms with E-state index in [4.69, 9.17) is 9.47 Å². The largest absolute Gasteiger partial charge is 0.491 e. The van der Waals surface area contributed by atoms with E-state index in [9.17, 15) is 9.59 Å². The Labute approximate surface area is 215 Å². The van der Waals surface area contributed by atoms with E-state index in [0.29, 0.717) is 36.6 Å². The predicted octanol–water partition coefficient (Wildman–Crippen LogP) is 4.47. The average molecular weight is 496 g/mol. The molecule has 0 bridgehead atoms. The van der Waals surface area contributed by atoms with E-state index < -0.39 is 0 Å². The summed E-state index contributed by atoms with van der Waals surface area (Å²) in [6, 6.07) is 15.9. The Morgan fingerprint density at radius 2 is 1.89 bits per heavy atom. The zero-order chi connectivity index (χ0) is 26.1. The number of nitrogens with zero attached hydrogens (tertiary/aromatic N) is 2. The summed E-state index contributed by atoms with van der Waals surface area (Å²) < 4.78 is 12.1. The fourth-order valence-electron chi connectivity index (χ4n) is 4.60. The molecule has 196 valence electrons. The fourth-order valence-corrected chi connectivity index (χ4v) is 4.60. The Bertz CT molecular complexity index is 997. The molecule has 0 radical (unpaired) electrons. The molecule has 36 heavy (non-hydrogen) atoms. The van der Waals surface area contributed by atoms with Crippen LogP contribution in [-0.2, 0) is 16.0 Å². The van der Waals surface area contributed by atoms with Crippen LogP contribution in [0.4, 0.5) is 5.69 Å². The number of carbonyl (C=O) groups is 2. The maximum absolute atomic E-state index is 13.4. The van der Waals surface area contributed by atoms with Gasteiger partial charge in [-0.2, -0.15) is 0 Å². The molecule has 7 nitrogen and oxygen atoms in total. The Kier molecular flexibility index (Phi) is 10.3. The maximum atomic E-state index is 13.4. The lowest BCUT2D eigenvalue weighted by Crippen LogP contribution is -2.47. The van der Waals surface area contributed by atoms with Gasteiger partial charge in [-0.25, -0.2) is 0 Å². The van der Waals surface area contributed by atoms with Gasteiger partial charge in [0.15, 0.2) is 0 Å². The summed E-state index contributed by atoms with van der Waals surface area (Å²) in [5.74, 6) is 0.531. The SMILES string of the molecule is CCCC(=O)Nc1ccc2c(c1)OC[C@@H](C)N(CCc1ccccc1)C[C@@H](C)[C@@H](OC)CN(C)C2=O. The number of carbonyl (C=O) groups excluding carboxylic acids is 2. The number of hydrogen-bond donors (Lipinski definition) is 1. The first-order valence-corrected chi connectivity index (χ1v) is 12.9. The molecule has 0 unspecified atom stereocenters. The van der Waals surface area contributed by atoms with E-state index in [1.807, 2.05) is 13.0 Å². The van der Waals surface area contributed by atoms with E-state index in [2.05, 4.69) is 48.3 Å². The minimum atomic E-state index is -0.125. The number of nitrogens with one attached hydrogen (secondary N) is 1. The van der Waals surface area contributed by atoms with Crippen molar-refractivity contribution in [1.82, 2.24) is 9.80 Å². The molecule has 3 atom stereocenters. The van der Waals surface area contributed by atoms with Gasteiger partial charge in [-0.15, -0.1) is 0 Å². The van der Waals surface area contributed by atoms with Gasteiger partial charge >= 0.3 is 0 Å². The van der Waals surface area contributed by atoms with Crippen LogP contribution in [0.5, 0.6) is 5.75 Å². The molecule has 3 rings (SSSR count). The first kappa shape index (κ1) is 27.7. The highest BCUT2D eigenvalue weighted by atomic mass is 16.5. The molecule has 0 aromatic heterocycles. The van der Waals surface area contributed by atoms with Crippen LogP contribution < -0.4 is 10.1 Å². The monoisotopic (exact) mass is 495 g/mol. The highest BCUT2D eigenvalue weighted by Crippen LogP contribution is 2.27. The third-order valence-electron chi connectivity index (χ3n) is 6.87. The zero-order valence-corrected chi connectivity index (χ0v) is 22.3. The van der Waals surface area contributed by atoms with Gasteiger partial charge in [0.25, 0.3) is 5.91 Å². The third kappa shape index (κ3) is 7.55. The molecule has 0 spiro atoms. The number of benzene rings is 2. The first-order chi connectivity index (χ1) is 17.3. The molecule has 2 aromatic carbocycles. The molecule has 1 N–H and O–H groups in total. The molecule has 0 fully saturated rings. The molecule has 0 saturated carbocycles. The second-order valence-electron chi connectivity index (χ2n) is 9.84. The van der Waals surface area contributed by atoms with Crippen molar-refractivity contribution < 1.29 is 19.1 Å². The highest BCUT2D eigenvalue weighted by Gasteiger charge is 2.28. The molecular formula is C29H41N3O4. The van der Waals surface area contributed by atoms with Crippen molar-refractivity contribution in [3.05, 3.63) is 59.7 Å². The number of methoxy groups -OCH3 is 1. The van der Waals surface area contributed by atoms with Crippen molar-refractivity contribution in [2.75, 3.05) is 45.7 Å². The topological polar surface area (TPSA) is 71.1 Å². The van der Waals surface area contributed by atoms with Crippen molar-refractivity contribution in [3.63, 3.8) is 0 Å². The number of likely N-dealkylation sites (N-methyl/N-ethyl adjacent to an activating group) is 1. The number of anilines is 1. The molecule has 0 aliphatic carbocycles. The van der Waals surface area contributed by atoms with Crippen molar-refractivity contribution in [2.24, 2.45) is 5.92 Å². The van der Waals surface area contributed by atoms with E-state index in [-0.39, 0.29) is 29.9 Å². The number of hydrogen-bond acceptors (Lipinski definition) is 5. The fraction of sp³-hybridized carbons (Fsp3) is 0.517. The Morgan fingerprint density at radius 1 is 1.14 bits per heavy atom. The summed E-state index contributed by atoms with van der Waals surface area (Å²) in [4.78, 5) is 29.6. The standard InChI is InChI=1S/C29H41N3O4/c1-6-10-28(33)30-24-13-14-25-26(17-24)36-20-22(3)32(16-15-23-11-8-7-9-12-23)18-21(2)27(35-5)19-31(4)29(25)34/h7-9,11-14,17,21-22,27H,6,10,15-16,18-20H2,1-5H3,(H,30,33)/t21-,22-,27+/m1/s1. The van der Waals surface area contributed by atoms with Gasteiger partial charge in [0.05, 0.1) is 11.7 Å². The molecule has 2 amide bonds.